The fourth-order valence-electron chi connectivity index (χ4n) is 4.65. The maximum atomic E-state index is 13.0. The van der Waals surface area contributed by atoms with Gasteiger partial charge < -0.3 is 26.6 Å². The van der Waals surface area contributed by atoms with Crippen LogP contribution in [0.4, 0.5) is 4.39 Å². The fraction of sp³-hybridized carbons (Fsp3) is 0.571. The van der Waals surface area contributed by atoms with Crippen LogP contribution in [0.25, 0.3) is 0 Å². The molecule has 0 aliphatic carbocycles. The number of nitrogens with one attached hydrogen (secondary N) is 5. The summed E-state index contributed by atoms with van der Waals surface area (Å²) in [6.45, 7) is 38.8. The number of amidine groups is 1. The Morgan fingerprint density at radius 2 is 1.43 bits per heavy atom. The molecular formula is C49H87FN6O2. The summed E-state index contributed by atoms with van der Waals surface area (Å²) in [6, 6.07) is 5.08. The second-order valence-electron chi connectivity index (χ2n) is 13.8. The lowest BCUT2D eigenvalue weighted by Crippen LogP contribution is -2.54. The first kappa shape index (κ1) is 60.4. The van der Waals surface area contributed by atoms with Gasteiger partial charge in [-0.15, -0.1) is 0 Å². The molecule has 1 rings (SSSR count). The van der Waals surface area contributed by atoms with Gasteiger partial charge in [0.1, 0.15) is 11.9 Å². The van der Waals surface area contributed by atoms with Gasteiger partial charge in [0.15, 0.2) is 0 Å². The molecule has 0 fully saturated rings. The molecule has 0 radical (unpaired) electrons. The van der Waals surface area contributed by atoms with E-state index in [1.807, 2.05) is 38.1 Å². The van der Waals surface area contributed by atoms with Crippen molar-refractivity contribution in [3.8, 4) is 0 Å². The van der Waals surface area contributed by atoms with Gasteiger partial charge in [0.05, 0.1) is 12.4 Å². The van der Waals surface area contributed by atoms with Crippen LogP contribution in [0.1, 0.15) is 138 Å². The first-order valence-corrected chi connectivity index (χ1v) is 21.6. The highest BCUT2D eigenvalue weighted by molar-refractivity contribution is 5.89. The van der Waals surface area contributed by atoms with Gasteiger partial charge in [-0.05, 0) is 87.6 Å². The molecule has 0 aromatic heterocycles. The molecule has 5 N–H and O–H groups in total. The smallest absolute Gasteiger partial charge is 0.244 e. The molecule has 1 aromatic rings. The van der Waals surface area contributed by atoms with Gasteiger partial charge in [-0.1, -0.05) is 150 Å². The minimum atomic E-state index is -0.721. The number of nitrogens with zero attached hydrogens (tertiary/aromatic N) is 1. The van der Waals surface area contributed by atoms with Crippen molar-refractivity contribution < 1.29 is 14.0 Å². The lowest BCUT2D eigenvalue weighted by molar-refractivity contribution is -0.128. The molecule has 2 amide bonds. The molecule has 0 saturated carbocycles. The summed E-state index contributed by atoms with van der Waals surface area (Å²) >= 11 is 0. The number of rotatable bonds is 23. The predicted octanol–water partition coefficient (Wildman–Crippen LogP) is 11.0. The molecule has 1 unspecified atom stereocenters. The molecule has 0 aliphatic heterocycles. The van der Waals surface area contributed by atoms with E-state index in [1.165, 1.54) is 18.4 Å². The third-order valence-electron chi connectivity index (χ3n) is 7.97. The van der Waals surface area contributed by atoms with E-state index < -0.39 is 6.04 Å². The highest BCUT2D eigenvalue weighted by Gasteiger charge is 2.20. The third-order valence-corrected chi connectivity index (χ3v) is 7.97. The molecule has 0 saturated heterocycles. The van der Waals surface area contributed by atoms with Crippen LogP contribution in [-0.2, 0) is 16.0 Å². The molecule has 0 bridgehead atoms. The highest BCUT2D eigenvalue weighted by atomic mass is 19.1. The Hall–Kier alpha value is -4.24. The topological polar surface area (TPSA) is 107 Å². The molecule has 2 atom stereocenters. The maximum Gasteiger partial charge on any atom is 0.244 e. The summed E-state index contributed by atoms with van der Waals surface area (Å²) in [6.07, 6.45) is 18.9. The van der Waals surface area contributed by atoms with Gasteiger partial charge in [0.25, 0.3) is 0 Å². The monoisotopic (exact) mass is 811 g/mol. The van der Waals surface area contributed by atoms with Crippen LogP contribution >= 0.6 is 0 Å². The molecule has 1 aromatic carbocycles. The Bertz CT molecular complexity index is 1330. The largest absolute Gasteiger partial charge is 0.379 e. The SMILES string of the molecule is C=C/C(CCC)=C(\C=C)CCCNC(=O)C(CNC(C)=NC)NC(=O)CNC(=CCC)CN[C@@H](C)CC.C=CC=C.CCC.CCC.CCCc1ccc(C)cc1F. The second-order valence-corrected chi connectivity index (χ2v) is 13.8. The Balaban J connectivity index is -0.000000561. The molecule has 0 spiro atoms. The molecule has 9 heteroatoms. The molecule has 8 nitrogen and oxygen atoms in total. The Kier molecular flexibility index (Phi) is 45.7. The van der Waals surface area contributed by atoms with E-state index in [0.717, 1.165) is 73.8 Å². The van der Waals surface area contributed by atoms with E-state index in [0.29, 0.717) is 25.0 Å². The number of carbonyl (C=O) groups is 2. The zero-order chi connectivity index (χ0) is 45.1. The van der Waals surface area contributed by atoms with Crippen molar-refractivity contribution in [1.82, 2.24) is 26.6 Å². The van der Waals surface area contributed by atoms with Crippen molar-refractivity contribution in [3.63, 3.8) is 0 Å². The van der Waals surface area contributed by atoms with Gasteiger partial charge in [-0.25, -0.2) is 4.39 Å². The minimum Gasteiger partial charge on any atom is -0.379 e. The van der Waals surface area contributed by atoms with E-state index in [-0.39, 0.29) is 30.7 Å². The van der Waals surface area contributed by atoms with Gasteiger partial charge in [-0.2, -0.15) is 0 Å². The first-order valence-electron chi connectivity index (χ1n) is 21.6. The van der Waals surface area contributed by atoms with E-state index in [9.17, 15) is 14.0 Å². The van der Waals surface area contributed by atoms with Crippen LogP contribution in [-0.4, -0.2) is 63.0 Å². The van der Waals surface area contributed by atoms with Crippen LogP contribution in [0.15, 0.2) is 96.7 Å². The average molecular weight is 811 g/mol. The summed E-state index contributed by atoms with van der Waals surface area (Å²) in [5.41, 5.74) is 5.16. The van der Waals surface area contributed by atoms with Crippen LogP contribution in [0, 0.1) is 12.7 Å². The fourth-order valence-corrected chi connectivity index (χ4v) is 4.65. The van der Waals surface area contributed by atoms with Crippen molar-refractivity contribution in [2.45, 2.75) is 152 Å². The van der Waals surface area contributed by atoms with E-state index >= 15 is 0 Å². The summed E-state index contributed by atoms with van der Waals surface area (Å²) in [4.78, 5) is 29.7. The normalized spacial score (nSPS) is 11.9. The van der Waals surface area contributed by atoms with Crippen molar-refractivity contribution in [1.29, 1.82) is 0 Å². The van der Waals surface area contributed by atoms with E-state index in [1.54, 1.807) is 25.3 Å². The standard InChI is InChI=1S/C29H52N6O2.C10H13F.C4H6.2C3H8/c1-9-15-24(12-4)25(13-5)17-14-18-31-29(37)27(20-33-23(7)30-8)35-28(36)21-34-26(16-10-2)19-32-22(6)11-3;1-3-4-9-6-5-8(2)7-10(9)11;1-3-4-2;2*1-3-2/h12-13,16,22,27,32,34H,4-5,9-11,14-15,17-21H2,1-3,6-8H3,(H,30,33)(H,31,37)(H,35,36);5-7H,3-4H2,1-2H3;3-4H,1-2H2;2*3H2,1-2H3/b25-24-,26-16?;;;;/t22-,27?;;;;/m0..../s1. The van der Waals surface area contributed by atoms with Crippen molar-refractivity contribution in [2.75, 3.05) is 33.2 Å². The number of amides is 2. The van der Waals surface area contributed by atoms with Gasteiger partial charge in [0.2, 0.25) is 11.8 Å². The molecule has 332 valence electrons. The molecule has 58 heavy (non-hydrogen) atoms. The van der Waals surface area contributed by atoms with Crippen LogP contribution in [0.2, 0.25) is 0 Å². The van der Waals surface area contributed by atoms with Crippen LogP contribution in [0.5, 0.6) is 0 Å². The minimum absolute atomic E-state index is 0.0631. The maximum absolute atomic E-state index is 13.0. The van der Waals surface area contributed by atoms with Crippen molar-refractivity contribution in [3.05, 3.63) is 109 Å². The zero-order valence-corrected chi connectivity index (χ0v) is 39.1. The highest BCUT2D eigenvalue weighted by Crippen LogP contribution is 2.18. The lowest BCUT2D eigenvalue weighted by atomic mass is 9.99. The summed E-state index contributed by atoms with van der Waals surface area (Å²) in [7, 11) is 1.68. The number of benzene rings is 1. The average Bonchev–Trinajstić information content (AvgIpc) is 3.21. The number of aliphatic imine (C=N–C) groups is 1. The number of carbonyl (C=O) groups excluding carboxylic acids is 2. The summed E-state index contributed by atoms with van der Waals surface area (Å²) in [5, 5.41) is 15.6. The van der Waals surface area contributed by atoms with Crippen molar-refractivity contribution in [2.24, 2.45) is 4.99 Å². The second kappa shape index (κ2) is 43.9. The molecular weight excluding hydrogens is 724 g/mol. The predicted molar refractivity (Wildman–Crippen MR) is 255 cm³/mol. The third kappa shape index (κ3) is 36.1. The van der Waals surface area contributed by atoms with Crippen LogP contribution in [0.3, 0.4) is 0 Å². The van der Waals surface area contributed by atoms with Crippen molar-refractivity contribution >= 4 is 17.6 Å². The van der Waals surface area contributed by atoms with Crippen LogP contribution < -0.4 is 26.6 Å². The number of halogens is 1. The Morgan fingerprint density at radius 3 is 1.90 bits per heavy atom. The summed E-state index contributed by atoms with van der Waals surface area (Å²) in [5.74, 6) is 0.162. The Labute approximate surface area is 356 Å². The molecule has 0 aliphatic rings. The molecule has 0 heterocycles. The number of hydrogen-bond donors (Lipinski definition) is 5. The summed E-state index contributed by atoms with van der Waals surface area (Å²) < 4.78 is 13.0. The zero-order valence-electron chi connectivity index (χ0n) is 39.1. The number of aryl methyl sites for hydroxylation is 2. The quantitative estimate of drug-likeness (QED) is 0.0328. The van der Waals surface area contributed by atoms with Gasteiger partial charge in [0, 0.05) is 38.4 Å². The lowest BCUT2D eigenvalue weighted by Gasteiger charge is -2.21. The van der Waals surface area contributed by atoms with E-state index in [4.69, 9.17) is 0 Å². The van der Waals surface area contributed by atoms with E-state index in [2.05, 4.69) is 126 Å². The van der Waals surface area contributed by atoms with Gasteiger partial charge in [-0.3, -0.25) is 14.6 Å². The Morgan fingerprint density at radius 1 is 0.845 bits per heavy atom. The van der Waals surface area contributed by atoms with Gasteiger partial charge >= 0.3 is 0 Å². The first-order chi connectivity index (χ1) is 27.7. The number of allylic oxidation sites excluding steroid dienone is 7. The number of hydrogen-bond acceptors (Lipinski definition) is 5.